The van der Waals surface area contributed by atoms with E-state index in [1.165, 1.54) is 22.4 Å². The average molecular weight is 345 g/mol. The Morgan fingerprint density at radius 3 is 2.05 bits per heavy atom. The predicted molar refractivity (Wildman–Crippen MR) is 89.3 cm³/mol. The molecule has 2 rings (SSSR count). The van der Waals surface area contributed by atoms with E-state index in [9.17, 15) is 12.6 Å². The molecule has 0 N–H and O–H groups in total. The lowest BCUT2D eigenvalue weighted by Gasteiger charge is -2.36. The molecule has 1 atom stereocenters. The molecule has 0 saturated carbocycles. The number of benzene rings is 1. The highest BCUT2D eigenvalue weighted by atomic mass is 32.3. The highest BCUT2D eigenvalue weighted by Crippen LogP contribution is 2.22. The van der Waals surface area contributed by atoms with Gasteiger partial charge in [0.05, 0.1) is 9.73 Å². The van der Waals surface area contributed by atoms with E-state index in [2.05, 4.69) is 27.7 Å². The highest BCUT2D eigenvalue weighted by Gasteiger charge is 2.29. The molecule has 1 aromatic carbocycles. The van der Waals surface area contributed by atoms with E-state index in [1.54, 1.807) is 0 Å². The Morgan fingerprint density at radius 2 is 1.55 bits per heavy atom. The van der Waals surface area contributed by atoms with Crippen LogP contribution in [0.4, 0.5) is 0 Å². The maximum absolute atomic E-state index is 12.1. The summed E-state index contributed by atoms with van der Waals surface area (Å²) >= 11 is 0. The zero-order chi connectivity index (χ0) is 16.4. The van der Waals surface area contributed by atoms with Crippen molar-refractivity contribution in [3.8, 4) is 0 Å². The van der Waals surface area contributed by atoms with Crippen LogP contribution in [0.2, 0.25) is 0 Å². The Bertz CT molecular complexity index is 709. The second-order valence-electron chi connectivity index (χ2n) is 5.76. The van der Waals surface area contributed by atoms with Crippen LogP contribution in [0.15, 0.2) is 34.1 Å². The third kappa shape index (κ3) is 4.52. The summed E-state index contributed by atoms with van der Waals surface area (Å²) in [5.41, 5.74) is 1.22. The first kappa shape index (κ1) is 17.4. The first-order valence-electron chi connectivity index (χ1n) is 7.16. The first-order chi connectivity index (χ1) is 10.2. The van der Waals surface area contributed by atoms with Gasteiger partial charge in [0.1, 0.15) is 0 Å². The van der Waals surface area contributed by atoms with Gasteiger partial charge in [-0.25, -0.2) is 4.21 Å². The monoisotopic (exact) mass is 345 g/mol. The Morgan fingerprint density at radius 1 is 1.00 bits per heavy atom. The second-order valence-corrected chi connectivity index (χ2v) is 10.1. The maximum Gasteiger partial charge on any atom is 0.330 e. The maximum atomic E-state index is 12.1. The summed E-state index contributed by atoms with van der Waals surface area (Å²) in [6.45, 7) is 4.14. The van der Waals surface area contributed by atoms with Crippen LogP contribution in [0.1, 0.15) is 18.5 Å². The van der Waals surface area contributed by atoms with Crippen molar-refractivity contribution >= 4 is 19.9 Å². The number of hydrogen-bond donors (Lipinski definition) is 0. The van der Waals surface area contributed by atoms with E-state index in [-0.39, 0.29) is 6.04 Å². The Kier molecular flexibility index (Phi) is 5.26. The molecular formula is C14H23N3O3S2. The van der Waals surface area contributed by atoms with Gasteiger partial charge in [0.2, 0.25) is 0 Å². The van der Waals surface area contributed by atoms with E-state index in [0.717, 1.165) is 0 Å². The minimum absolute atomic E-state index is 0.240. The molecule has 8 heteroatoms. The average Bonchev–Trinajstić information content (AvgIpc) is 2.45. The Balaban J connectivity index is 2.04. The van der Waals surface area contributed by atoms with Gasteiger partial charge in [-0.15, -0.1) is 0 Å². The van der Waals surface area contributed by atoms with E-state index >= 15 is 0 Å². The Labute approximate surface area is 133 Å². The molecule has 0 amide bonds. The van der Waals surface area contributed by atoms with Crippen molar-refractivity contribution in [2.45, 2.75) is 13.0 Å². The molecule has 1 aromatic rings. The summed E-state index contributed by atoms with van der Waals surface area (Å²) in [5, 5.41) is 0. The van der Waals surface area contributed by atoms with Crippen molar-refractivity contribution in [3.63, 3.8) is 0 Å². The topological polar surface area (TPSA) is 70.1 Å². The van der Waals surface area contributed by atoms with Gasteiger partial charge in [0, 0.05) is 44.7 Å². The lowest BCUT2D eigenvalue weighted by molar-refractivity contribution is 0.146. The van der Waals surface area contributed by atoms with Gasteiger partial charge in [-0.2, -0.15) is 12.7 Å². The predicted octanol–water partition coefficient (Wildman–Crippen LogP) is 1.34. The summed E-state index contributed by atoms with van der Waals surface area (Å²) in [6.07, 6.45) is 2.66. The van der Waals surface area contributed by atoms with Crippen LogP contribution < -0.4 is 0 Å². The van der Waals surface area contributed by atoms with Crippen LogP contribution in [0.5, 0.6) is 0 Å². The molecule has 22 heavy (non-hydrogen) atoms. The molecule has 1 unspecified atom stereocenters. The quantitative estimate of drug-likeness (QED) is 0.826. The van der Waals surface area contributed by atoms with Crippen LogP contribution in [0.25, 0.3) is 0 Å². The van der Waals surface area contributed by atoms with Gasteiger partial charge < -0.3 is 0 Å². The molecule has 0 bridgehead atoms. The minimum Gasteiger partial charge on any atom is -0.294 e. The van der Waals surface area contributed by atoms with E-state index < -0.39 is 19.9 Å². The summed E-state index contributed by atoms with van der Waals surface area (Å²) in [5.74, 6) is 0. The standard InChI is InChI=1S/C14H23N3O3S2/c1-13(14-7-5-4-6-8-14)16-9-11-17(12-10-16)22(19,20)15-21(2,3)18/h4-8,13H,9-12H2,1-3H3. The van der Waals surface area contributed by atoms with Crippen molar-refractivity contribution in [2.24, 2.45) is 3.77 Å². The SMILES string of the molecule is CC(c1ccccc1)N1CCN(S(=O)(=O)N=S(C)(C)=O)CC1. The van der Waals surface area contributed by atoms with Crippen molar-refractivity contribution in [1.82, 2.24) is 9.21 Å². The molecular weight excluding hydrogens is 322 g/mol. The first-order valence-corrected chi connectivity index (χ1v) is 10.9. The van der Waals surface area contributed by atoms with Crippen molar-refractivity contribution in [3.05, 3.63) is 35.9 Å². The lowest BCUT2D eigenvalue weighted by atomic mass is 10.1. The fourth-order valence-electron chi connectivity index (χ4n) is 2.54. The summed E-state index contributed by atoms with van der Waals surface area (Å²) in [7, 11) is -6.47. The van der Waals surface area contributed by atoms with Gasteiger partial charge in [-0.05, 0) is 12.5 Å². The molecule has 6 nitrogen and oxygen atoms in total. The number of nitrogens with zero attached hydrogens (tertiary/aromatic N) is 3. The number of piperazine rings is 1. The van der Waals surface area contributed by atoms with Crippen LogP contribution in [0, 0.1) is 0 Å². The molecule has 1 heterocycles. The largest absolute Gasteiger partial charge is 0.330 e. The fraction of sp³-hybridized carbons (Fsp3) is 0.571. The highest BCUT2D eigenvalue weighted by molar-refractivity contribution is 8.01. The van der Waals surface area contributed by atoms with Crippen LogP contribution in [0.3, 0.4) is 0 Å². The third-order valence-electron chi connectivity index (χ3n) is 3.70. The van der Waals surface area contributed by atoms with Gasteiger partial charge in [0.25, 0.3) is 0 Å². The molecule has 0 spiro atoms. The Hall–Kier alpha value is -0.960. The van der Waals surface area contributed by atoms with Gasteiger partial charge in [0.15, 0.2) is 0 Å². The smallest absolute Gasteiger partial charge is 0.294 e. The van der Waals surface area contributed by atoms with Crippen LogP contribution >= 0.6 is 0 Å². The molecule has 1 aliphatic rings. The zero-order valence-corrected chi connectivity index (χ0v) is 14.8. The molecule has 1 fully saturated rings. The zero-order valence-electron chi connectivity index (χ0n) is 13.2. The number of hydrogen-bond acceptors (Lipinski definition) is 4. The van der Waals surface area contributed by atoms with Gasteiger partial charge >= 0.3 is 10.2 Å². The van der Waals surface area contributed by atoms with Crippen LogP contribution in [-0.4, -0.2) is 60.5 Å². The fourth-order valence-corrected chi connectivity index (χ4v) is 5.35. The lowest BCUT2D eigenvalue weighted by Crippen LogP contribution is -2.48. The molecule has 0 aliphatic carbocycles. The molecule has 124 valence electrons. The third-order valence-corrected chi connectivity index (χ3v) is 6.91. The van der Waals surface area contributed by atoms with E-state index in [0.29, 0.717) is 26.2 Å². The van der Waals surface area contributed by atoms with Crippen molar-refractivity contribution in [2.75, 3.05) is 38.7 Å². The van der Waals surface area contributed by atoms with Crippen molar-refractivity contribution < 1.29 is 12.6 Å². The van der Waals surface area contributed by atoms with Crippen molar-refractivity contribution in [1.29, 1.82) is 0 Å². The molecule has 1 saturated heterocycles. The molecule has 1 aliphatic heterocycles. The summed E-state index contributed by atoms with van der Waals surface area (Å²) in [6, 6.07) is 10.4. The normalized spacial score (nSPS) is 19.8. The summed E-state index contributed by atoms with van der Waals surface area (Å²) in [4.78, 5) is 2.25. The van der Waals surface area contributed by atoms with Crippen LogP contribution in [-0.2, 0) is 19.9 Å². The molecule has 0 radical (unpaired) electrons. The van der Waals surface area contributed by atoms with Gasteiger partial charge in [-0.1, -0.05) is 34.1 Å². The summed E-state index contributed by atoms with van der Waals surface area (Å²) < 4.78 is 40.7. The number of rotatable bonds is 4. The minimum atomic E-state index is -3.80. The van der Waals surface area contributed by atoms with E-state index in [1.807, 2.05) is 18.2 Å². The van der Waals surface area contributed by atoms with E-state index in [4.69, 9.17) is 0 Å². The van der Waals surface area contributed by atoms with Gasteiger partial charge in [-0.3, -0.25) is 4.90 Å². The second kappa shape index (κ2) is 6.66. The molecule has 0 aromatic heterocycles.